The Morgan fingerprint density at radius 2 is 2.19 bits per heavy atom. The van der Waals surface area contributed by atoms with Crippen molar-refractivity contribution in [1.82, 2.24) is 15.2 Å². The fourth-order valence-corrected chi connectivity index (χ4v) is 5.10. The Hall–Kier alpha value is -0.450. The molecule has 1 aromatic rings. The second-order valence-corrected chi connectivity index (χ2v) is 8.46. The van der Waals surface area contributed by atoms with Gasteiger partial charge in [0.1, 0.15) is 5.01 Å². The summed E-state index contributed by atoms with van der Waals surface area (Å²) in [7, 11) is 2.27. The summed E-state index contributed by atoms with van der Waals surface area (Å²) < 4.78 is 0. The first-order chi connectivity index (χ1) is 10.3. The van der Waals surface area contributed by atoms with Crippen LogP contribution >= 0.6 is 11.3 Å². The highest BCUT2D eigenvalue weighted by Crippen LogP contribution is 2.48. The van der Waals surface area contributed by atoms with Crippen molar-refractivity contribution < 1.29 is 0 Å². The zero-order valence-corrected chi connectivity index (χ0v) is 13.9. The van der Waals surface area contributed by atoms with Crippen molar-refractivity contribution in [3.63, 3.8) is 0 Å². The van der Waals surface area contributed by atoms with Crippen molar-refractivity contribution in [2.45, 2.75) is 57.7 Å². The molecule has 3 saturated carbocycles. The lowest BCUT2D eigenvalue weighted by Gasteiger charge is -2.26. The van der Waals surface area contributed by atoms with Gasteiger partial charge in [0.15, 0.2) is 0 Å². The van der Waals surface area contributed by atoms with Crippen molar-refractivity contribution in [3.05, 3.63) is 16.1 Å². The van der Waals surface area contributed by atoms with E-state index in [1.54, 1.807) is 0 Å². The van der Waals surface area contributed by atoms with Crippen LogP contribution in [0.25, 0.3) is 0 Å². The van der Waals surface area contributed by atoms with Gasteiger partial charge in [-0.3, -0.25) is 0 Å². The lowest BCUT2D eigenvalue weighted by molar-refractivity contribution is 0.213. The first-order valence-corrected chi connectivity index (χ1v) is 9.49. The molecule has 0 saturated heterocycles. The monoisotopic (exact) mass is 305 g/mol. The largest absolute Gasteiger partial charge is 0.308 e. The van der Waals surface area contributed by atoms with Crippen LogP contribution in [0, 0.1) is 17.8 Å². The van der Waals surface area contributed by atoms with Gasteiger partial charge in [-0.1, -0.05) is 6.42 Å². The van der Waals surface area contributed by atoms with Crippen LogP contribution in [-0.2, 0) is 13.1 Å². The van der Waals surface area contributed by atoms with Crippen LogP contribution in [0.5, 0.6) is 0 Å². The van der Waals surface area contributed by atoms with Crippen molar-refractivity contribution in [1.29, 1.82) is 0 Å². The molecule has 0 aromatic carbocycles. The van der Waals surface area contributed by atoms with Crippen molar-refractivity contribution in [2.75, 3.05) is 13.6 Å². The molecule has 116 valence electrons. The van der Waals surface area contributed by atoms with Crippen LogP contribution in [0.4, 0.5) is 0 Å². The molecule has 3 unspecified atom stereocenters. The maximum atomic E-state index is 4.79. The molecule has 3 aliphatic rings. The van der Waals surface area contributed by atoms with Crippen LogP contribution < -0.4 is 5.32 Å². The molecule has 3 aliphatic carbocycles. The lowest BCUT2D eigenvalue weighted by atomic mass is 9.88. The van der Waals surface area contributed by atoms with Gasteiger partial charge in [-0.15, -0.1) is 11.3 Å². The highest BCUT2D eigenvalue weighted by molar-refractivity contribution is 7.09. The van der Waals surface area contributed by atoms with Gasteiger partial charge in [-0.2, -0.15) is 0 Å². The van der Waals surface area contributed by atoms with E-state index in [4.69, 9.17) is 4.98 Å². The summed E-state index contributed by atoms with van der Waals surface area (Å²) in [5, 5.41) is 7.06. The Morgan fingerprint density at radius 3 is 2.90 bits per heavy atom. The van der Waals surface area contributed by atoms with Crippen LogP contribution in [0.2, 0.25) is 0 Å². The second-order valence-electron chi connectivity index (χ2n) is 7.52. The van der Waals surface area contributed by atoms with E-state index in [9.17, 15) is 0 Å². The number of nitrogens with one attached hydrogen (secondary N) is 1. The van der Waals surface area contributed by atoms with Crippen molar-refractivity contribution in [3.8, 4) is 0 Å². The molecule has 3 nitrogen and oxygen atoms in total. The van der Waals surface area contributed by atoms with Gasteiger partial charge in [0.25, 0.3) is 0 Å². The quantitative estimate of drug-likeness (QED) is 0.838. The van der Waals surface area contributed by atoms with E-state index in [0.29, 0.717) is 0 Å². The number of aromatic nitrogens is 1. The normalized spacial score (nSPS) is 31.4. The van der Waals surface area contributed by atoms with Gasteiger partial charge < -0.3 is 10.2 Å². The lowest BCUT2D eigenvalue weighted by Crippen LogP contribution is -2.28. The minimum absolute atomic E-state index is 0.776. The molecule has 1 aromatic heterocycles. The fraction of sp³-hybridized carbons (Fsp3) is 0.824. The van der Waals surface area contributed by atoms with Gasteiger partial charge in [0, 0.05) is 31.1 Å². The topological polar surface area (TPSA) is 28.2 Å². The summed E-state index contributed by atoms with van der Waals surface area (Å²) in [6.45, 7) is 3.26. The average molecular weight is 305 g/mol. The summed E-state index contributed by atoms with van der Waals surface area (Å²) in [5.41, 5.74) is 1.26. The predicted octanol–water partition coefficient (Wildman–Crippen LogP) is 3.26. The van der Waals surface area contributed by atoms with Crippen molar-refractivity contribution in [2.24, 2.45) is 17.8 Å². The summed E-state index contributed by atoms with van der Waals surface area (Å²) in [5.74, 6) is 3.06. The van der Waals surface area contributed by atoms with Crippen LogP contribution in [0.15, 0.2) is 5.38 Å². The second kappa shape index (κ2) is 5.98. The Bertz CT molecular complexity index is 482. The Balaban J connectivity index is 1.25. The van der Waals surface area contributed by atoms with Crippen LogP contribution in [0.3, 0.4) is 0 Å². The number of hydrogen-bond donors (Lipinski definition) is 1. The minimum atomic E-state index is 0.776. The predicted molar refractivity (Wildman–Crippen MR) is 87.2 cm³/mol. The molecule has 2 bridgehead atoms. The molecule has 1 N–H and O–H groups in total. The standard InChI is InChI=1S/C17H27N3S/c1-20(9-14-7-12-2-3-13(14)6-12)10-16-11-21-17(19-16)8-18-15-4-5-15/h11-15,18H,2-10H2,1H3. The van der Waals surface area contributed by atoms with E-state index < -0.39 is 0 Å². The molecular weight excluding hydrogens is 278 g/mol. The van der Waals surface area contributed by atoms with Crippen molar-refractivity contribution >= 4 is 11.3 Å². The number of rotatable bonds is 7. The van der Waals surface area contributed by atoms with E-state index in [1.165, 1.54) is 55.8 Å². The zero-order chi connectivity index (χ0) is 14.2. The maximum Gasteiger partial charge on any atom is 0.107 e. The van der Waals surface area contributed by atoms with Gasteiger partial charge in [-0.05, 0) is 56.9 Å². The third-order valence-electron chi connectivity index (χ3n) is 5.58. The summed E-state index contributed by atoms with van der Waals surface area (Å²) in [6.07, 6.45) is 8.72. The smallest absolute Gasteiger partial charge is 0.107 e. The number of thiazole rings is 1. The average Bonchev–Trinajstić information content (AvgIpc) is 2.86. The molecule has 4 rings (SSSR count). The third kappa shape index (κ3) is 3.49. The molecular formula is C17H27N3S. The van der Waals surface area contributed by atoms with E-state index in [0.717, 1.165) is 36.9 Å². The molecule has 3 atom stereocenters. The van der Waals surface area contributed by atoms with Crippen LogP contribution in [0.1, 0.15) is 49.2 Å². The molecule has 0 radical (unpaired) electrons. The highest BCUT2D eigenvalue weighted by atomic mass is 32.1. The fourth-order valence-electron chi connectivity index (χ4n) is 4.36. The third-order valence-corrected chi connectivity index (χ3v) is 6.48. The molecule has 0 spiro atoms. The molecule has 0 amide bonds. The Labute approximate surface area is 132 Å². The number of hydrogen-bond acceptors (Lipinski definition) is 4. The molecule has 3 fully saturated rings. The van der Waals surface area contributed by atoms with Gasteiger partial charge in [0.05, 0.1) is 5.69 Å². The van der Waals surface area contributed by atoms with E-state index in [1.807, 2.05) is 11.3 Å². The first kappa shape index (κ1) is 14.2. The Morgan fingerprint density at radius 1 is 1.29 bits per heavy atom. The molecule has 4 heteroatoms. The van der Waals surface area contributed by atoms with Gasteiger partial charge in [0.2, 0.25) is 0 Å². The molecule has 0 aliphatic heterocycles. The summed E-state index contributed by atoms with van der Waals surface area (Å²) >= 11 is 1.82. The number of fused-ring (bicyclic) bond motifs is 2. The zero-order valence-electron chi connectivity index (χ0n) is 13.1. The maximum absolute atomic E-state index is 4.79. The number of nitrogens with zero attached hydrogens (tertiary/aromatic N) is 2. The Kier molecular flexibility index (Phi) is 4.03. The van der Waals surface area contributed by atoms with Gasteiger partial charge in [-0.25, -0.2) is 4.98 Å². The molecule has 1 heterocycles. The molecule has 21 heavy (non-hydrogen) atoms. The highest BCUT2D eigenvalue weighted by Gasteiger charge is 2.39. The van der Waals surface area contributed by atoms with E-state index in [2.05, 4.69) is 22.6 Å². The summed E-state index contributed by atoms with van der Waals surface area (Å²) in [6, 6.07) is 0.776. The van der Waals surface area contributed by atoms with E-state index >= 15 is 0 Å². The minimum Gasteiger partial charge on any atom is -0.308 e. The van der Waals surface area contributed by atoms with Gasteiger partial charge >= 0.3 is 0 Å². The van der Waals surface area contributed by atoms with Crippen LogP contribution in [-0.4, -0.2) is 29.5 Å². The first-order valence-electron chi connectivity index (χ1n) is 8.61. The summed E-state index contributed by atoms with van der Waals surface area (Å²) in [4.78, 5) is 7.29. The van der Waals surface area contributed by atoms with E-state index in [-0.39, 0.29) is 0 Å². The SMILES string of the molecule is CN(Cc1csc(CNC2CC2)n1)CC1CC2CCC1C2.